The zero-order valence-corrected chi connectivity index (χ0v) is 9.21. The molecule has 0 aliphatic heterocycles. The highest BCUT2D eigenvalue weighted by Gasteiger charge is 2.20. The van der Waals surface area contributed by atoms with E-state index < -0.39 is 8.25 Å². The summed E-state index contributed by atoms with van der Waals surface area (Å²) in [6.07, 6.45) is 0.439. The van der Waals surface area contributed by atoms with Gasteiger partial charge < -0.3 is 0 Å². The van der Waals surface area contributed by atoms with Gasteiger partial charge in [-0.15, -0.1) is 9.05 Å². The lowest BCUT2D eigenvalue weighted by atomic mass is 10.3. The molecule has 0 aliphatic carbocycles. The van der Waals surface area contributed by atoms with Crippen LogP contribution in [0.25, 0.3) is 0 Å². The molecule has 0 bridgehead atoms. The van der Waals surface area contributed by atoms with Crippen molar-refractivity contribution in [3.63, 3.8) is 0 Å². The quantitative estimate of drug-likeness (QED) is 0.582. The molecule has 0 aromatic carbocycles. The van der Waals surface area contributed by atoms with Crippen LogP contribution in [-0.2, 0) is 23.2 Å². The number of carbonyl (C=O) groups is 2. The Morgan fingerprint density at radius 3 is 1.64 bits per heavy atom. The van der Waals surface area contributed by atoms with Crippen molar-refractivity contribution < 1.29 is 23.2 Å². The fourth-order valence-electron chi connectivity index (χ4n) is 0.565. The van der Waals surface area contributed by atoms with E-state index in [4.69, 9.17) is 0 Å². The lowest BCUT2D eigenvalue weighted by molar-refractivity contribution is -0.118. The van der Waals surface area contributed by atoms with Crippen LogP contribution in [0.15, 0.2) is 0 Å². The highest BCUT2D eigenvalue weighted by Crippen LogP contribution is 2.23. The maximum atomic E-state index is 10.9. The summed E-state index contributed by atoms with van der Waals surface area (Å²) in [5, 5.41) is 0. The predicted octanol–water partition coefficient (Wildman–Crippen LogP) is 1.64. The molecule has 5 nitrogen and oxygen atoms in total. The van der Waals surface area contributed by atoms with Crippen molar-refractivity contribution in [3.8, 4) is 0 Å². The molecule has 0 rings (SSSR count). The maximum absolute atomic E-state index is 10.9. The Labute approximate surface area is 83.7 Å². The van der Waals surface area contributed by atoms with Crippen molar-refractivity contribution in [2.75, 3.05) is 13.2 Å². The van der Waals surface area contributed by atoms with Crippen LogP contribution in [0.5, 0.6) is 0 Å². The first-order valence-corrected chi connectivity index (χ1v) is 5.34. The first kappa shape index (κ1) is 13.4. The van der Waals surface area contributed by atoms with Gasteiger partial charge in [-0.3, -0.25) is 9.59 Å². The minimum atomic E-state index is -2.20. The Hall–Kier alpha value is -0.640. The van der Waals surface area contributed by atoms with Gasteiger partial charge in [-0.2, -0.15) is 0 Å². The fourth-order valence-corrected chi connectivity index (χ4v) is 1.12. The average molecular weight is 221 g/mol. The number of carbonyl (C=O) groups excluding carboxylic acids is 2. The summed E-state index contributed by atoms with van der Waals surface area (Å²) in [6.45, 7) is 3.02. The maximum Gasteiger partial charge on any atom is 0.697 e. The number of rotatable bonds is 8. The van der Waals surface area contributed by atoms with Gasteiger partial charge in [-0.05, 0) is 13.8 Å². The number of Topliss-reactive ketones (excluding diaryl/α,β-unsaturated/α-hetero) is 2. The molecule has 0 N–H and O–H groups in total. The second-order valence-corrected chi connectivity index (χ2v) is 3.76. The minimum absolute atomic E-state index is 0.0304. The molecule has 6 heteroatoms. The Morgan fingerprint density at radius 1 is 1.00 bits per heavy atom. The standard InChI is InChI=1S/C8H14O5P/c1-7(9)3-5-12-14(11)13-6-4-8(2)10/h3-6H2,1-2H3/q+1. The largest absolute Gasteiger partial charge is 0.697 e. The molecule has 0 aromatic rings. The van der Waals surface area contributed by atoms with Crippen molar-refractivity contribution in [2.45, 2.75) is 26.7 Å². The molecular formula is C8H14O5P+. The van der Waals surface area contributed by atoms with Crippen LogP contribution in [-0.4, -0.2) is 24.8 Å². The lowest BCUT2D eigenvalue weighted by Crippen LogP contribution is -1.99. The van der Waals surface area contributed by atoms with Gasteiger partial charge in [0.25, 0.3) is 0 Å². The third-order valence-electron chi connectivity index (χ3n) is 1.30. The molecule has 0 atom stereocenters. The summed E-state index contributed by atoms with van der Waals surface area (Å²) in [5.41, 5.74) is 0. The van der Waals surface area contributed by atoms with E-state index in [1.807, 2.05) is 0 Å². The second-order valence-electron chi connectivity index (χ2n) is 2.79. The molecule has 0 saturated heterocycles. The lowest BCUT2D eigenvalue weighted by Gasteiger charge is -1.89. The molecule has 0 heterocycles. The number of hydrogen-bond donors (Lipinski definition) is 0. The molecule has 0 amide bonds. The fraction of sp³-hybridized carbons (Fsp3) is 0.750. The van der Waals surface area contributed by atoms with E-state index in [0.29, 0.717) is 0 Å². The third-order valence-corrected chi connectivity index (χ3v) is 2.09. The van der Waals surface area contributed by atoms with Crippen molar-refractivity contribution >= 4 is 19.8 Å². The summed E-state index contributed by atoms with van der Waals surface area (Å²) < 4.78 is 20.3. The Bertz CT molecular complexity index is 204. The molecule has 0 fully saturated rings. The first-order chi connectivity index (χ1) is 6.52. The van der Waals surface area contributed by atoms with Gasteiger partial charge in [0.15, 0.2) is 0 Å². The predicted molar refractivity (Wildman–Crippen MR) is 50.1 cm³/mol. The van der Waals surface area contributed by atoms with Gasteiger partial charge in [-0.25, -0.2) is 0 Å². The molecule has 80 valence electrons. The van der Waals surface area contributed by atoms with Crippen LogP contribution >= 0.6 is 8.25 Å². The van der Waals surface area contributed by atoms with Gasteiger partial charge in [0, 0.05) is 17.4 Å². The Kier molecular flexibility index (Phi) is 7.38. The first-order valence-electron chi connectivity index (χ1n) is 4.24. The highest BCUT2D eigenvalue weighted by molar-refractivity contribution is 7.33. The Morgan fingerprint density at radius 2 is 1.36 bits per heavy atom. The van der Waals surface area contributed by atoms with Gasteiger partial charge in [0.2, 0.25) is 0 Å². The van der Waals surface area contributed by atoms with E-state index in [1.165, 1.54) is 13.8 Å². The van der Waals surface area contributed by atoms with E-state index >= 15 is 0 Å². The topological polar surface area (TPSA) is 69.7 Å². The molecule has 0 spiro atoms. The zero-order chi connectivity index (χ0) is 11.0. The van der Waals surface area contributed by atoms with Gasteiger partial charge >= 0.3 is 8.25 Å². The SMILES string of the molecule is CC(=O)CCO[P+](=O)OCCC(C)=O. The zero-order valence-electron chi connectivity index (χ0n) is 8.32. The van der Waals surface area contributed by atoms with Gasteiger partial charge in [-0.1, -0.05) is 0 Å². The van der Waals surface area contributed by atoms with Crippen LogP contribution in [0, 0.1) is 0 Å². The van der Waals surface area contributed by atoms with Crippen molar-refractivity contribution in [1.29, 1.82) is 0 Å². The van der Waals surface area contributed by atoms with Gasteiger partial charge in [0.1, 0.15) is 24.8 Å². The van der Waals surface area contributed by atoms with Crippen molar-refractivity contribution in [2.24, 2.45) is 0 Å². The minimum Gasteiger partial charge on any atom is -0.300 e. The normalized spacial score (nSPS) is 9.86. The molecule has 0 aliphatic rings. The average Bonchev–Trinajstić information content (AvgIpc) is 2.02. The monoisotopic (exact) mass is 221 g/mol. The van der Waals surface area contributed by atoms with Crippen molar-refractivity contribution in [3.05, 3.63) is 0 Å². The summed E-state index contributed by atoms with van der Waals surface area (Å²) in [7, 11) is -2.20. The molecule has 0 radical (unpaired) electrons. The summed E-state index contributed by atoms with van der Waals surface area (Å²) in [6, 6.07) is 0. The Balaban J connectivity index is 3.37. The summed E-state index contributed by atoms with van der Waals surface area (Å²) >= 11 is 0. The van der Waals surface area contributed by atoms with Crippen LogP contribution < -0.4 is 0 Å². The van der Waals surface area contributed by atoms with Gasteiger partial charge in [0.05, 0.1) is 0 Å². The molecule has 14 heavy (non-hydrogen) atoms. The van der Waals surface area contributed by atoms with E-state index in [9.17, 15) is 14.2 Å². The molecule has 0 unspecified atom stereocenters. The molecule has 0 saturated carbocycles. The summed E-state index contributed by atoms with van der Waals surface area (Å²) in [4.78, 5) is 20.9. The van der Waals surface area contributed by atoms with E-state index in [0.717, 1.165) is 0 Å². The summed E-state index contributed by atoms with van der Waals surface area (Å²) in [5.74, 6) is -0.0609. The van der Waals surface area contributed by atoms with Crippen LogP contribution in [0.4, 0.5) is 0 Å². The number of hydrogen-bond acceptors (Lipinski definition) is 5. The third kappa shape index (κ3) is 9.45. The number of ketones is 2. The smallest absolute Gasteiger partial charge is 0.300 e. The van der Waals surface area contributed by atoms with Crippen molar-refractivity contribution in [1.82, 2.24) is 0 Å². The molecule has 0 aromatic heterocycles. The van der Waals surface area contributed by atoms with Crippen LogP contribution in [0.1, 0.15) is 26.7 Å². The van der Waals surface area contributed by atoms with Crippen LogP contribution in [0.2, 0.25) is 0 Å². The van der Waals surface area contributed by atoms with E-state index in [2.05, 4.69) is 9.05 Å². The van der Waals surface area contributed by atoms with E-state index in [1.54, 1.807) is 0 Å². The molecular weight excluding hydrogens is 207 g/mol. The van der Waals surface area contributed by atoms with E-state index in [-0.39, 0.29) is 37.6 Å². The van der Waals surface area contributed by atoms with Crippen LogP contribution in [0.3, 0.4) is 0 Å². The second kappa shape index (κ2) is 7.74. The highest BCUT2D eigenvalue weighted by atomic mass is 31.1.